The number of fused-ring (bicyclic) bond motifs is 7. The van der Waals surface area contributed by atoms with Gasteiger partial charge in [-0.25, -0.2) is 0 Å². The molecule has 5 rings (SSSR count). The van der Waals surface area contributed by atoms with E-state index in [0.717, 1.165) is 30.6 Å². The Morgan fingerprint density at radius 2 is 1.58 bits per heavy atom. The van der Waals surface area contributed by atoms with Crippen LogP contribution in [0.25, 0.3) is 0 Å². The minimum Gasteiger partial charge on any atom is -0.392 e. The molecule has 31 heavy (non-hydrogen) atoms. The molecule has 0 spiro atoms. The molecule has 0 aromatic heterocycles. The maximum atomic E-state index is 10.8. The maximum absolute atomic E-state index is 10.8. The zero-order valence-electron chi connectivity index (χ0n) is 21.6. The maximum Gasteiger partial charge on any atom is 0.0629 e. The van der Waals surface area contributed by atoms with E-state index < -0.39 is 0 Å². The highest BCUT2D eigenvalue weighted by molar-refractivity contribution is 5.43. The van der Waals surface area contributed by atoms with Crippen molar-refractivity contribution in [1.29, 1.82) is 0 Å². The van der Waals surface area contributed by atoms with Gasteiger partial charge in [0.25, 0.3) is 0 Å². The van der Waals surface area contributed by atoms with E-state index in [1.807, 2.05) is 0 Å². The van der Waals surface area contributed by atoms with Gasteiger partial charge >= 0.3 is 0 Å². The molecule has 0 aliphatic heterocycles. The first-order chi connectivity index (χ1) is 14.3. The van der Waals surface area contributed by atoms with E-state index in [-0.39, 0.29) is 16.9 Å². The van der Waals surface area contributed by atoms with Gasteiger partial charge in [0.1, 0.15) is 0 Å². The minimum atomic E-state index is -0.200. The Kier molecular flexibility index (Phi) is 4.68. The molecule has 0 saturated heterocycles. The van der Waals surface area contributed by atoms with Crippen LogP contribution in [0.1, 0.15) is 107 Å². The standard InChI is InChI=1S/C30H48O/c1-19(2)20-11-14-27(5)17-18-29(7)22-9-10-23-26(3,4)24(31)13-15-28(23,6)21(22)12-16-30(29,8)25(20)27/h10,12,19-20,22,24-25,31H,9,11,13-18H2,1-8H3. The average molecular weight is 425 g/mol. The van der Waals surface area contributed by atoms with Crippen LogP contribution in [0.5, 0.6) is 0 Å². The van der Waals surface area contributed by atoms with Crippen LogP contribution < -0.4 is 0 Å². The second kappa shape index (κ2) is 6.52. The third kappa shape index (κ3) is 2.59. The van der Waals surface area contributed by atoms with E-state index >= 15 is 0 Å². The SMILES string of the molecule is CC(C)C1CCC2(C)CCC3(C)C4CC=C5C(C)(CCC(O)C5(C)C)C4=CCC3(C)C12. The number of rotatable bonds is 1. The van der Waals surface area contributed by atoms with Crippen molar-refractivity contribution in [3.8, 4) is 0 Å². The van der Waals surface area contributed by atoms with Gasteiger partial charge in [-0.1, -0.05) is 78.7 Å². The van der Waals surface area contributed by atoms with Crippen molar-refractivity contribution in [1.82, 2.24) is 0 Å². The summed E-state index contributed by atoms with van der Waals surface area (Å²) in [7, 11) is 0. The molecule has 1 heteroatoms. The molecule has 8 atom stereocenters. The molecule has 0 radical (unpaired) electrons. The number of hydrogen-bond acceptors (Lipinski definition) is 1. The first kappa shape index (κ1) is 22.2. The molecule has 8 unspecified atom stereocenters. The summed E-state index contributed by atoms with van der Waals surface area (Å²) in [6, 6.07) is 0. The highest BCUT2D eigenvalue weighted by Crippen LogP contribution is 2.75. The molecule has 5 aliphatic carbocycles. The molecular weight excluding hydrogens is 376 g/mol. The normalized spacial score (nSPS) is 53.1. The Labute approximate surface area is 192 Å². The number of aliphatic hydroxyl groups excluding tert-OH is 1. The van der Waals surface area contributed by atoms with E-state index in [9.17, 15) is 5.11 Å². The van der Waals surface area contributed by atoms with Gasteiger partial charge in [0.05, 0.1) is 6.10 Å². The predicted molar refractivity (Wildman–Crippen MR) is 131 cm³/mol. The van der Waals surface area contributed by atoms with Crippen molar-refractivity contribution in [2.45, 2.75) is 113 Å². The highest BCUT2D eigenvalue weighted by atomic mass is 16.3. The Morgan fingerprint density at radius 1 is 0.871 bits per heavy atom. The summed E-state index contributed by atoms with van der Waals surface area (Å²) >= 11 is 0. The van der Waals surface area contributed by atoms with Gasteiger partial charge < -0.3 is 5.11 Å². The van der Waals surface area contributed by atoms with E-state index in [1.165, 1.54) is 44.1 Å². The fourth-order valence-electron chi connectivity index (χ4n) is 10.3. The monoisotopic (exact) mass is 424 g/mol. The Morgan fingerprint density at radius 3 is 2.26 bits per heavy atom. The van der Waals surface area contributed by atoms with Crippen LogP contribution in [0, 0.1) is 50.7 Å². The highest BCUT2D eigenvalue weighted by Gasteiger charge is 2.67. The van der Waals surface area contributed by atoms with Crippen molar-refractivity contribution >= 4 is 0 Å². The van der Waals surface area contributed by atoms with Gasteiger partial charge in [-0.2, -0.15) is 0 Å². The molecule has 3 saturated carbocycles. The summed E-state index contributed by atoms with van der Waals surface area (Å²) in [6.07, 6.45) is 15.4. The third-order valence-electron chi connectivity index (χ3n) is 12.4. The van der Waals surface area contributed by atoms with Gasteiger partial charge in [-0.05, 0) is 91.3 Å². The van der Waals surface area contributed by atoms with Crippen LogP contribution >= 0.6 is 0 Å². The topological polar surface area (TPSA) is 20.2 Å². The molecule has 0 aromatic carbocycles. The first-order valence-electron chi connectivity index (χ1n) is 13.4. The van der Waals surface area contributed by atoms with Gasteiger partial charge in [0, 0.05) is 10.8 Å². The minimum absolute atomic E-state index is 0.0974. The fraction of sp³-hybridized carbons (Fsp3) is 0.867. The molecule has 1 nitrogen and oxygen atoms in total. The molecular formula is C30H48O. The summed E-state index contributed by atoms with van der Waals surface area (Å²) in [5.41, 5.74) is 4.70. The van der Waals surface area contributed by atoms with Crippen molar-refractivity contribution in [2.75, 3.05) is 0 Å². The van der Waals surface area contributed by atoms with Gasteiger partial charge in [-0.3, -0.25) is 0 Å². The number of aliphatic hydroxyl groups is 1. The van der Waals surface area contributed by atoms with Gasteiger partial charge in [0.15, 0.2) is 0 Å². The summed E-state index contributed by atoms with van der Waals surface area (Å²) < 4.78 is 0. The lowest BCUT2D eigenvalue weighted by Crippen LogP contribution is -2.60. The van der Waals surface area contributed by atoms with Crippen LogP contribution in [-0.2, 0) is 0 Å². The zero-order valence-corrected chi connectivity index (χ0v) is 21.6. The second-order valence-corrected chi connectivity index (χ2v) is 14.3. The van der Waals surface area contributed by atoms with Crippen LogP contribution in [-0.4, -0.2) is 11.2 Å². The predicted octanol–water partition coefficient (Wildman–Crippen LogP) is 7.94. The van der Waals surface area contributed by atoms with E-state index in [0.29, 0.717) is 22.2 Å². The lowest BCUT2D eigenvalue weighted by atomic mass is 9.36. The zero-order chi connectivity index (χ0) is 22.6. The summed E-state index contributed by atoms with van der Waals surface area (Å²) in [4.78, 5) is 0. The fourth-order valence-corrected chi connectivity index (χ4v) is 10.3. The van der Waals surface area contributed by atoms with E-state index in [2.05, 4.69) is 67.5 Å². The van der Waals surface area contributed by atoms with Crippen LogP contribution in [0.4, 0.5) is 0 Å². The van der Waals surface area contributed by atoms with E-state index in [4.69, 9.17) is 0 Å². The lowest BCUT2D eigenvalue weighted by Gasteiger charge is -2.68. The smallest absolute Gasteiger partial charge is 0.0629 e. The van der Waals surface area contributed by atoms with Gasteiger partial charge in [0.2, 0.25) is 0 Å². The van der Waals surface area contributed by atoms with Crippen LogP contribution in [0.2, 0.25) is 0 Å². The quantitative estimate of drug-likeness (QED) is 0.423. The van der Waals surface area contributed by atoms with Crippen LogP contribution in [0.3, 0.4) is 0 Å². The van der Waals surface area contributed by atoms with Crippen molar-refractivity contribution in [3.63, 3.8) is 0 Å². The van der Waals surface area contributed by atoms with Crippen molar-refractivity contribution in [3.05, 3.63) is 23.3 Å². The summed E-state index contributed by atoms with van der Waals surface area (Å²) in [5.74, 6) is 3.23. The molecule has 1 N–H and O–H groups in total. The van der Waals surface area contributed by atoms with Crippen LogP contribution in [0.15, 0.2) is 23.3 Å². The number of hydrogen-bond donors (Lipinski definition) is 1. The first-order valence-corrected chi connectivity index (χ1v) is 13.4. The molecule has 0 amide bonds. The summed E-state index contributed by atoms with van der Waals surface area (Å²) in [5, 5.41) is 10.8. The Balaban J connectivity index is 1.61. The molecule has 5 aliphatic rings. The largest absolute Gasteiger partial charge is 0.392 e. The lowest BCUT2D eigenvalue weighted by molar-refractivity contribution is -0.148. The van der Waals surface area contributed by atoms with Gasteiger partial charge in [-0.15, -0.1) is 0 Å². The summed E-state index contributed by atoms with van der Waals surface area (Å²) in [6.45, 7) is 20.1. The van der Waals surface area contributed by atoms with Crippen molar-refractivity contribution < 1.29 is 5.11 Å². The molecule has 0 aromatic rings. The van der Waals surface area contributed by atoms with E-state index in [1.54, 1.807) is 5.57 Å². The average Bonchev–Trinajstić information content (AvgIpc) is 3.06. The molecule has 0 heterocycles. The number of allylic oxidation sites excluding steroid dienone is 3. The Hall–Kier alpha value is -0.560. The second-order valence-electron chi connectivity index (χ2n) is 14.3. The third-order valence-corrected chi connectivity index (χ3v) is 12.4. The Bertz CT molecular complexity index is 831. The molecule has 3 fully saturated rings. The van der Waals surface area contributed by atoms with Crippen molar-refractivity contribution in [2.24, 2.45) is 50.7 Å². The molecule has 174 valence electrons. The molecule has 0 bridgehead atoms.